The Morgan fingerprint density at radius 2 is 1.67 bits per heavy atom. The Morgan fingerprint density at radius 1 is 0.953 bits per heavy atom. The zero-order valence-corrected chi connectivity index (χ0v) is 27.7. The number of furan rings is 1. The van der Waals surface area contributed by atoms with E-state index in [-0.39, 0.29) is 37.1 Å². The van der Waals surface area contributed by atoms with Crippen molar-refractivity contribution in [3.05, 3.63) is 119 Å². The Morgan fingerprint density at radius 3 is 2.37 bits per heavy atom. The molecule has 3 aromatic carbocycles. The molecule has 0 bridgehead atoms. The fourth-order valence-corrected chi connectivity index (χ4v) is 5.06. The quantitative estimate of drug-likeness (QED) is 0.111. The maximum atomic E-state index is 10.0. The number of benzene rings is 3. The van der Waals surface area contributed by atoms with Gasteiger partial charge >= 0.3 is 0 Å². The minimum Gasteiger partial charge on any atom is -0.512 e. The van der Waals surface area contributed by atoms with Crippen LogP contribution in [0.3, 0.4) is 0 Å². The molecule has 0 saturated heterocycles. The second-order valence-corrected chi connectivity index (χ2v) is 11.8. The van der Waals surface area contributed by atoms with Gasteiger partial charge in [0.25, 0.3) is 0 Å². The fourth-order valence-electron chi connectivity index (χ4n) is 5.06. The summed E-state index contributed by atoms with van der Waals surface area (Å²) in [6.07, 6.45) is 7.47. The average molecular weight is 748 g/mol. The summed E-state index contributed by atoms with van der Waals surface area (Å²) in [7, 11) is 0. The second-order valence-electron chi connectivity index (χ2n) is 11.8. The molecule has 0 fully saturated rings. The number of aliphatic hydroxyl groups excluding tert-OH is 1. The number of pyridine rings is 2. The summed E-state index contributed by atoms with van der Waals surface area (Å²) in [5.74, 6) is -0.0625. The van der Waals surface area contributed by atoms with Crippen LogP contribution in [0.4, 0.5) is 0 Å². The third-order valence-corrected chi connectivity index (χ3v) is 7.11. The summed E-state index contributed by atoms with van der Waals surface area (Å²) in [4.78, 5) is 19.4. The van der Waals surface area contributed by atoms with Crippen LogP contribution < -0.4 is 0 Å². The molecule has 1 radical (unpaired) electrons. The van der Waals surface area contributed by atoms with E-state index in [1.54, 1.807) is 6.26 Å². The predicted octanol–water partition coefficient (Wildman–Crippen LogP) is 9.23. The number of rotatable bonds is 4. The van der Waals surface area contributed by atoms with E-state index >= 15 is 0 Å². The minimum absolute atomic E-state index is 0. The molecular weight excluding hydrogens is 713 g/mol. The van der Waals surface area contributed by atoms with Crippen molar-refractivity contribution in [2.45, 2.75) is 53.4 Å². The molecule has 0 aliphatic heterocycles. The van der Waals surface area contributed by atoms with Crippen LogP contribution in [0.2, 0.25) is 0 Å². The van der Waals surface area contributed by atoms with Gasteiger partial charge in [-0.05, 0) is 71.7 Å². The summed E-state index contributed by atoms with van der Waals surface area (Å²) in [6.45, 7) is 11.7. The van der Waals surface area contributed by atoms with Crippen molar-refractivity contribution < 1.29 is 34.4 Å². The van der Waals surface area contributed by atoms with E-state index in [4.69, 9.17) is 14.5 Å². The van der Waals surface area contributed by atoms with Gasteiger partial charge in [0.05, 0.1) is 11.3 Å². The molecule has 43 heavy (non-hydrogen) atoms. The van der Waals surface area contributed by atoms with E-state index < -0.39 is 0 Å². The molecule has 0 unspecified atom stereocenters. The molecule has 0 saturated carbocycles. The Hall–Kier alpha value is -4.12. The van der Waals surface area contributed by atoms with Crippen LogP contribution in [-0.2, 0) is 36.7 Å². The van der Waals surface area contributed by atoms with Crippen LogP contribution in [0.1, 0.15) is 56.9 Å². The summed E-state index contributed by atoms with van der Waals surface area (Å²) < 4.78 is 5.71. The van der Waals surface area contributed by atoms with Gasteiger partial charge < -0.3 is 9.52 Å². The first-order valence-corrected chi connectivity index (χ1v) is 14.0. The number of hydrogen-bond donors (Lipinski definition) is 1. The van der Waals surface area contributed by atoms with E-state index in [1.165, 1.54) is 47.4 Å². The topological polar surface area (TPSA) is 76.2 Å². The number of aliphatic hydroxyl groups is 1. The first-order chi connectivity index (χ1) is 20.0. The first-order valence-electron chi connectivity index (χ1n) is 14.0. The molecule has 6 heteroatoms. The summed E-state index contributed by atoms with van der Waals surface area (Å²) in [6, 6.07) is 25.5. The molecule has 221 valence electrons. The van der Waals surface area contributed by atoms with Crippen LogP contribution in [0.15, 0.2) is 95.6 Å². The molecule has 0 amide bonds. The van der Waals surface area contributed by atoms with Crippen LogP contribution in [-0.4, -0.2) is 20.9 Å². The van der Waals surface area contributed by atoms with Gasteiger partial charge in [0, 0.05) is 56.0 Å². The Labute approximate surface area is 266 Å². The van der Waals surface area contributed by atoms with Crippen LogP contribution in [0.25, 0.3) is 43.9 Å². The number of allylic oxidation sites excluding steroid dienone is 2. The van der Waals surface area contributed by atoms with Gasteiger partial charge in [0.1, 0.15) is 0 Å². The number of nitrogens with zero attached hydrogens (tertiary/aromatic N) is 2. The third-order valence-electron chi connectivity index (χ3n) is 7.11. The van der Waals surface area contributed by atoms with Gasteiger partial charge in [-0.2, -0.15) is 0 Å². The maximum absolute atomic E-state index is 10.0. The molecule has 0 aliphatic carbocycles. The van der Waals surface area contributed by atoms with Crippen molar-refractivity contribution in [2.75, 3.05) is 0 Å². The molecule has 6 aromatic rings. The van der Waals surface area contributed by atoms with E-state index in [0.717, 1.165) is 45.1 Å². The number of aromatic nitrogens is 2. The van der Waals surface area contributed by atoms with Gasteiger partial charge in [0.15, 0.2) is 5.78 Å². The van der Waals surface area contributed by atoms with Crippen molar-refractivity contribution in [3.63, 3.8) is 0 Å². The summed E-state index contributed by atoms with van der Waals surface area (Å²) in [5, 5.41) is 12.9. The summed E-state index contributed by atoms with van der Waals surface area (Å²) in [5.41, 5.74) is 8.59. The number of fused-ring (bicyclic) bond motifs is 4. The molecule has 0 spiro atoms. The molecule has 3 heterocycles. The van der Waals surface area contributed by atoms with Crippen LogP contribution in [0.5, 0.6) is 0 Å². The van der Waals surface area contributed by atoms with Crippen molar-refractivity contribution in [3.8, 4) is 11.3 Å². The minimum atomic E-state index is -0.125. The zero-order valence-electron chi connectivity index (χ0n) is 25.3. The van der Waals surface area contributed by atoms with E-state index in [0.29, 0.717) is 0 Å². The molecule has 3 aromatic heterocycles. The molecule has 1 N–H and O–H groups in total. The summed E-state index contributed by atoms with van der Waals surface area (Å²) >= 11 is 0. The second kappa shape index (κ2) is 13.0. The third kappa shape index (κ3) is 7.45. The standard InChI is InChI=1S/C32H27N2O.C5H8O2.Ir/c1-20-13-28-27(18-25-10-12-35-31(25)30(28)34-19-20)29-16-22(9-11-33-29)14-21-5-6-24-17-26(32(2,3)4)8-7-23(24)15-21;1-4(6)3-5(2)7;/h5-13,15-17,19H,14H2,1-4H3;3,6H,1-2H3;/q-1;;/b;4-3-;. The van der Waals surface area contributed by atoms with Crippen LogP contribution in [0, 0.1) is 13.0 Å². The van der Waals surface area contributed by atoms with Gasteiger partial charge in [-0.25, -0.2) is 0 Å². The number of hydrogen-bond acceptors (Lipinski definition) is 5. The predicted molar refractivity (Wildman–Crippen MR) is 171 cm³/mol. The molecular formula is C37H35IrN2O3-. The molecule has 6 rings (SSSR count). The Balaban J connectivity index is 0.000000475. The van der Waals surface area contributed by atoms with Crippen molar-refractivity contribution in [2.24, 2.45) is 0 Å². The largest absolute Gasteiger partial charge is 0.512 e. The molecule has 0 aliphatic rings. The number of aryl methyl sites for hydroxylation is 1. The molecule has 5 nitrogen and oxygen atoms in total. The zero-order chi connectivity index (χ0) is 30.0. The first kappa shape index (κ1) is 31.8. The Bertz CT molecular complexity index is 1960. The van der Waals surface area contributed by atoms with Gasteiger partial charge in [-0.1, -0.05) is 91.7 Å². The van der Waals surface area contributed by atoms with Gasteiger partial charge in [0.2, 0.25) is 0 Å². The number of carbonyl (C=O) groups excluding carboxylic acids is 1. The van der Waals surface area contributed by atoms with Crippen molar-refractivity contribution >= 4 is 38.4 Å². The number of carbonyl (C=O) groups is 1. The molecule has 0 atom stereocenters. The van der Waals surface area contributed by atoms with Crippen molar-refractivity contribution in [1.29, 1.82) is 0 Å². The smallest absolute Gasteiger partial charge is 0.155 e. The monoisotopic (exact) mass is 748 g/mol. The van der Waals surface area contributed by atoms with Crippen molar-refractivity contribution in [1.82, 2.24) is 9.97 Å². The number of ketones is 1. The Kier molecular flexibility index (Phi) is 9.64. The maximum Gasteiger partial charge on any atom is 0.155 e. The normalized spacial score (nSPS) is 11.7. The van der Waals surface area contributed by atoms with Gasteiger partial charge in [-0.15, -0.1) is 6.07 Å². The van der Waals surface area contributed by atoms with E-state index in [2.05, 4.69) is 93.3 Å². The van der Waals surface area contributed by atoms with Crippen LogP contribution >= 0.6 is 0 Å². The average Bonchev–Trinajstić information content (AvgIpc) is 3.40. The van der Waals surface area contributed by atoms with Gasteiger partial charge in [-0.3, -0.25) is 14.8 Å². The van der Waals surface area contributed by atoms with E-state index in [9.17, 15) is 4.79 Å². The fraction of sp³-hybridized carbons (Fsp3) is 0.216. The SMILES string of the molecule is CC(=O)/C=C(/C)O.Cc1cnc2c(c1)c(-c1cc(Cc3ccc4cc(C(C)(C)C)ccc4c3)ccn1)[c-]c1ccoc12.[Ir]. The van der Waals surface area contributed by atoms with E-state index in [1.807, 2.05) is 18.5 Å².